The van der Waals surface area contributed by atoms with E-state index in [2.05, 4.69) is 4.99 Å². The summed E-state index contributed by atoms with van der Waals surface area (Å²) in [6.45, 7) is 1.99. The van der Waals surface area contributed by atoms with Crippen LogP contribution in [-0.4, -0.2) is 39.2 Å². The largest absolute Gasteiger partial charge is 0.508 e. The number of aromatic hydroxyl groups is 1. The minimum Gasteiger partial charge on any atom is -0.508 e. The number of phenols is 1. The van der Waals surface area contributed by atoms with Gasteiger partial charge in [0, 0.05) is 7.05 Å². The second kappa shape index (κ2) is 7.05. The standard InChI is InChI=1S/C19H16N2O4S/c1-11-3-5-12(6-4-11)9-16-17(23)21(2)19(26-16)20-15-8-7-13(22)10-14(15)18(24)25/h3-10,22H,1-2H3,(H,24,25)/b16-9-,20-19?. The zero-order chi connectivity index (χ0) is 18.8. The number of rotatable bonds is 3. The van der Waals surface area contributed by atoms with Gasteiger partial charge >= 0.3 is 5.97 Å². The van der Waals surface area contributed by atoms with Crippen molar-refractivity contribution in [1.29, 1.82) is 0 Å². The number of aliphatic imine (C=N–C) groups is 1. The number of benzene rings is 2. The summed E-state index contributed by atoms with van der Waals surface area (Å²) < 4.78 is 0. The lowest BCUT2D eigenvalue weighted by Gasteiger charge is -2.08. The Bertz CT molecular complexity index is 949. The van der Waals surface area contributed by atoms with Gasteiger partial charge in [-0.3, -0.25) is 9.69 Å². The van der Waals surface area contributed by atoms with E-state index in [1.807, 2.05) is 31.2 Å². The summed E-state index contributed by atoms with van der Waals surface area (Å²) in [4.78, 5) is 30.0. The summed E-state index contributed by atoms with van der Waals surface area (Å²) in [6, 6.07) is 11.7. The summed E-state index contributed by atoms with van der Waals surface area (Å²) in [5.41, 5.74) is 2.08. The molecular formula is C19H16N2O4S. The van der Waals surface area contributed by atoms with Gasteiger partial charge in [0.2, 0.25) is 0 Å². The lowest BCUT2D eigenvalue weighted by molar-refractivity contribution is -0.121. The number of phenolic OH excluding ortho intramolecular Hbond substituents is 1. The third-order valence-electron chi connectivity index (χ3n) is 3.81. The van der Waals surface area contributed by atoms with Crippen LogP contribution in [0.25, 0.3) is 6.08 Å². The zero-order valence-electron chi connectivity index (χ0n) is 14.1. The number of carbonyl (C=O) groups excluding carboxylic acids is 1. The Morgan fingerprint density at radius 3 is 2.54 bits per heavy atom. The first kappa shape index (κ1) is 17.8. The quantitative estimate of drug-likeness (QED) is 0.808. The molecule has 1 heterocycles. The third kappa shape index (κ3) is 3.62. The van der Waals surface area contributed by atoms with Gasteiger partial charge in [-0.2, -0.15) is 0 Å². The average molecular weight is 368 g/mol. The Labute approximate surface area is 154 Å². The van der Waals surface area contributed by atoms with Crippen LogP contribution in [0.5, 0.6) is 5.75 Å². The highest BCUT2D eigenvalue weighted by Crippen LogP contribution is 2.34. The Morgan fingerprint density at radius 1 is 1.19 bits per heavy atom. The van der Waals surface area contributed by atoms with Crippen LogP contribution in [0.2, 0.25) is 0 Å². The molecule has 0 radical (unpaired) electrons. The van der Waals surface area contributed by atoms with Crippen molar-refractivity contribution in [3.05, 3.63) is 64.1 Å². The van der Waals surface area contributed by atoms with E-state index in [9.17, 15) is 19.8 Å². The van der Waals surface area contributed by atoms with Gasteiger partial charge < -0.3 is 10.2 Å². The molecule has 1 fully saturated rings. The van der Waals surface area contributed by atoms with E-state index in [0.29, 0.717) is 10.1 Å². The van der Waals surface area contributed by atoms with Crippen molar-refractivity contribution in [2.45, 2.75) is 6.92 Å². The molecule has 2 aromatic carbocycles. The Kier molecular flexibility index (Phi) is 4.81. The number of carboxylic acids is 1. The van der Waals surface area contributed by atoms with Crippen molar-refractivity contribution in [1.82, 2.24) is 4.90 Å². The Hall–Kier alpha value is -3.06. The van der Waals surface area contributed by atoms with Crippen molar-refractivity contribution in [2.75, 3.05) is 7.05 Å². The van der Waals surface area contributed by atoms with Crippen molar-refractivity contribution < 1.29 is 19.8 Å². The van der Waals surface area contributed by atoms with Crippen LogP contribution in [0.15, 0.2) is 52.4 Å². The SMILES string of the molecule is Cc1ccc(/C=C2\SC(=Nc3ccc(O)cc3C(=O)O)N(C)C2=O)cc1. The highest BCUT2D eigenvalue weighted by molar-refractivity contribution is 8.18. The van der Waals surface area contributed by atoms with Gasteiger partial charge in [0.05, 0.1) is 16.2 Å². The third-order valence-corrected chi connectivity index (χ3v) is 4.87. The van der Waals surface area contributed by atoms with Crippen LogP contribution < -0.4 is 0 Å². The molecule has 0 unspecified atom stereocenters. The number of carbonyl (C=O) groups is 2. The Morgan fingerprint density at radius 2 is 1.88 bits per heavy atom. The second-order valence-corrected chi connectivity index (χ2v) is 6.80. The predicted molar refractivity (Wildman–Crippen MR) is 102 cm³/mol. The van der Waals surface area contributed by atoms with Gasteiger partial charge in [-0.1, -0.05) is 29.8 Å². The summed E-state index contributed by atoms with van der Waals surface area (Å²) >= 11 is 1.18. The van der Waals surface area contributed by atoms with E-state index in [1.54, 1.807) is 13.1 Å². The predicted octanol–water partition coefficient (Wildman–Crippen LogP) is 3.63. The van der Waals surface area contributed by atoms with Crippen LogP contribution in [0.3, 0.4) is 0 Å². The normalized spacial score (nSPS) is 17.3. The van der Waals surface area contributed by atoms with Crippen LogP contribution in [0, 0.1) is 6.92 Å². The molecule has 7 heteroatoms. The smallest absolute Gasteiger partial charge is 0.338 e. The minimum absolute atomic E-state index is 0.130. The molecule has 0 aliphatic carbocycles. The molecule has 1 aliphatic rings. The van der Waals surface area contributed by atoms with Crippen molar-refractivity contribution in [2.24, 2.45) is 4.99 Å². The zero-order valence-corrected chi connectivity index (χ0v) is 14.9. The molecule has 3 rings (SSSR count). The fraction of sp³-hybridized carbons (Fsp3) is 0.105. The molecule has 1 saturated heterocycles. The molecule has 2 N–H and O–H groups in total. The lowest BCUT2D eigenvalue weighted by Crippen LogP contribution is -2.23. The molecular weight excluding hydrogens is 352 g/mol. The summed E-state index contributed by atoms with van der Waals surface area (Å²) in [5, 5.41) is 19.1. The van der Waals surface area contributed by atoms with Crippen LogP contribution in [0.4, 0.5) is 5.69 Å². The first-order valence-corrected chi connectivity index (χ1v) is 8.56. The molecule has 6 nitrogen and oxygen atoms in total. The molecule has 26 heavy (non-hydrogen) atoms. The van der Waals surface area contributed by atoms with Gasteiger partial charge in [0.25, 0.3) is 5.91 Å². The van der Waals surface area contributed by atoms with Crippen LogP contribution >= 0.6 is 11.8 Å². The fourth-order valence-electron chi connectivity index (χ4n) is 2.36. The molecule has 0 atom stereocenters. The maximum absolute atomic E-state index is 12.4. The van der Waals surface area contributed by atoms with Gasteiger partial charge in [-0.05, 0) is 48.5 Å². The van der Waals surface area contributed by atoms with Gasteiger partial charge in [-0.15, -0.1) is 0 Å². The lowest BCUT2D eigenvalue weighted by atomic mass is 10.1. The van der Waals surface area contributed by atoms with E-state index < -0.39 is 5.97 Å². The number of thioether (sulfide) groups is 1. The van der Waals surface area contributed by atoms with Crippen molar-refractivity contribution in [3.63, 3.8) is 0 Å². The van der Waals surface area contributed by atoms with Gasteiger partial charge in [0.1, 0.15) is 5.75 Å². The minimum atomic E-state index is -1.20. The van der Waals surface area contributed by atoms with Crippen LogP contribution in [-0.2, 0) is 4.79 Å². The maximum Gasteiger partial charge on any atom is 0.338 e. The summed E-state index contributed by atoms with van der Waals surface area (Å²) in [7, 11) is 1.59. The number of nitrogens with zero attached hydrogens (tertiary/aromatic N) is 2. The molecule has 0 aromatic heterocycles. The second-order valence-electron chi connectivity index (χ2n) is 5.79. The molecule has 0 spiro atoms. The van der Waals surface area contributed by atoms with Gasteiger partial charge in [0.15, 0.2) is 5.17 Å². The molecule has 0 bridgehead atoms. The maximum atomic E-state index is 12.4. The van der Waals surface area contributed by atoms with E-state index in [1.165, 1.54) is 28.8 Å². The highest BCUT2D eigenvalue weighted by atomic mass is 32.2. The number of likely N-dealkylation sites (N-methyl/N-ethyl adjacent to an activating group) is 1. The topological polar surface area (TPSA) is 90.2 Å². The molecule has 1 amide bonds. The van der Waals surface area contributed by atoms with Gasteiger partial charge in [-0.25, -0.2) is 9.79 Å². The van der Waals surface area contributed by atoms with E-state index >= 15 is 0 Å². The molecule has 1 aliphatic heterocycles. The number of hydrogen-bond donors (Lipinski definition) is 2. The molecule has 0 saturated carbocycles. The van der Waals surface area contributed by atoms with E-state index in [0.717, 1.165) is 17.2 Å². The fourth-order valence-corrected chi connectivity index (χ4v) is 3.34. The Balaban J connectivity index is 1.95. The number of carboxylic acid groups (broad SMARTS) is 1. The number of amides is 1. The monoisotopic (exact) mass is 368 g/mol. The van der Waals surface area contributed by atoms with Crippen molar-refractivity contribution in [3.8, 4) is 5.75 Å². The summed E-state index contributed by atoms with van der Waals surface area (Å²) in [5.74, 6) is -1.56. The van der Waals surface area contributed by atoms with Crippen LogP contribution in [0.1, 0.15) is 21.5 Å². The summed E-state index contributed by atoms with van der Waals surface area (Å²) in [6.07, 6.45) is 1.78. The average Bonchev–Trinajstić information content (AvgIpc) is 2.86. The molecule has 2 aromatic rings. The number of hydrogen-bond acceptors (Lipinski definition) is 5. The highest BCUT2D eigenvalue weighted by Gasteiger charge is 2.30. The number of amidine groups is 1. The molecule has 132 valence electrons. The van der Waals surface area contributed by atoms with Crippen molar-refractivity contribution >= 4 is 40.6 Å². The van der Waals surface area contributed by atoms with E-state index in [-0.39, 0.29) is 22.9 Å². The first-order chi connectivity index (χ1) is 12.3. The first-order valence-electron chi connectivity index (χ1n) is 7.74. The number of aryl methyl sites for hydroxylation is 1. The number of aromatic carboxylic acids is 1. The van der Waals surface area contributed by atoms with E-state index in [4.69, 9.17) is 0 Å².